The monoisotopic (exact) mass is 353 g/mol. The molecule has 0 bridgehead atoms. The Labute approximate surface area is 137 Å². The Balaban J connectivity index is 1.81. The van der Waals surface area contributed by atoms with E-state index in [1.54, 1.807) is 0 Å². The van der Waals surface area contributed by atoms with Gasteiger partial charge in [-0.05, 0) is 24.3 Å². The van der Waals surface area contributed by atoms with Crippen LogP contribution in [0.4, 0.5) is 16.2 Å². The number of aromatic nitrogens is 2. The lowest BCUT2D eigenvalue weighted by atomic mass is 10.2. The number of carbonyl (C=O) groups is 1. The summed E-state index contributed by atoms with van der Waals surface area (Å²) in [6, 6.07) is 5.10. The first-order chi connectivity index (χ1) is 11.3. The lowest BCUT2D eigenvalue weighted by Gasteiger charge is -2.15. The van der Waals surface area contributed by atoms with Crippen LogP contribution in [0, 0.1) is 5.82 Å². The van der Waals surface area contributed by atoms with Gasteiger partial charge in [-0.15, -0.1) is 27.2 Å². The number of oxazole rings is 1. The van der Waals surface area contributed by atoms with E-state index in [1.165, 1.54) is 29.6 Å². The summed E-state index contributed by atoms with van der Waals surface area (Å²) in [6.07, 6.45) is 0.912. The Hall–Kier alpha value is -2.86. The zero-order valence-corrected chi connectivity index (χ0v) is 12.6. The van der Waals surface area contributed by atoms with Gasteiger partial charge in [-0.25, -0.2) is 9.18 Å². The molecule has 0 aliphatic heterocycles. The van der Waals surface area contributed by atoms with Gasteiger partial charge in [0.25, 0.3) is 0 Å². The van der Waals surface area contributed by atoms with Gasteiger partial charge in [-0.1, -0.05) is 0 Å². The van der Waals surface area contributed by atoms with E-state index in [0.29, 0.717) is 10.6 Å². The third-order valence-corrected chi connectivity index (χ3v) is 3.75. The third kappa shape index (κ3) is 3.23. The number of anilines is 1. The van der Waals surface area contributed by atoms with Crippen molar-refractivity contribution in [1.29, 1.82) is 0 Å². The SMILES string of the molecule is O=C(O)c1cnc(N[N+](O)(O)c2csc(-c3ccc(F)cc3)n2)o1. The van der Waals surface area contributed by atoms with Crippen LogP contribution in [0.1, 0.15) is 10.6 Å². The molecule has 0 saturated heterocycles. The Morgan fingerprint density at radius 3 is 2.62 bits per heavy atom. The normalized spacial score (nSPS) is 11.5. The van der Waals surface area contributed by atoms with E-state index in [4.69, 9.17) is 9.52 Å². The van der Waals surface area contributed by atoms with Crippen molar-refractivity contribution in [3.05, 3.63) is 47.4 Å². The van der Waals surface area contributed by atoms with Crippen molar-refractivity contribution < 1.29 is 29.1 Å². The molecule has 3 rings (SSSR count). The van der Waals surface area contributed by atoms with E-state index in [1.807, 2.05) is 0 Å². The van der Waals surface area contributed by atoms with E-state index in [9.17, 15) is 19.6 Å². The van der Waals surface area contributed by atoms with Crippen molar-refractivity contribution in [3.63, 3.8) is 0 Å². The van der Waals surface area contributed by atoms with E-state index in [-0.39, 0.29) is 5.82 Å². The number of hydrogen-bond donors (Lipinski definition) is 4. The van der Waals surface area contributed by atoms with Gasteiger partial charge in [0, 0.05) is 5.56 Å². The molecule has 0 atom stereocenters. The van der Waals surface area contributed by atoms with Crippen LogP contribution in [0.25, 0.3) is 10.6 Å². The molecule has 0 aliphatic carbocycles. The van der Waals surface area contributed by atoms with Crippen LogP contribution in [0.2, 0.25) is 0 Å². The fourth-order valence-corrected chi connectivity index (χ4v) is 2.58. The zero-order chi connectivity index (χ0) is 17.3. The van der Waals surface area contributed by atoms with E-state index in [0.717, 1.165) is 17.5 Å². The van der Waals surface area contributed by atoms with Gasteiger partial charge < -0.3 is 9.52 Å². The van der Waals surface area contributed by atoms with Gasteiger partial charge in [-0.2, -0.15) is 9.97 Å². The van der Waals surface area contributed by atoms with Crippen molar-refractivity contribution in [1.82, 2.24) is 14.9 Å². The van der Waals surface area contributed by atoms with Crippen LogP contribution in [0.5, 0.6) is 0 Å². The Bertz CT molecular complexity index is 877. The summed E-state index contributed by atoms with van der Waals surface area (Å²) < 4.78 is 17.7. The predicted molar refractivity (Wildman–Crippen MR) is 80.0 cm³/mol. The van der Waals surface area contributed by atoms with Gasteiger partial charge in [0.1, 0.15) is 15.7 Å². The fourth-order valence-electron chi connectivity index (χ4n) is 1.75. The van der Waals surface area contributed by atoms with Crippen LogP contribution in [0.15, 0.2) is 40.3 Å². The standard InChI is InChI=1S/C13H9FN4O5S/c14-8-3-1-7(2-4-8)11-16-10(6-24-11)18(21,22)17-13-15-5-9(23-13)12(19)20/h1-6,21-22H,(H-,15,17,19,20)/p+1. The number of hydrogen-bond acceptors (Lipinski definition) is 8. The number of rotatable bonds is 5. The predicted octanol–water partition coefficient (Wildman–Crippen LogP) is 2.75. The number of carboxylic acid groups (broad SMARTS) is 1. The third-order valence-electron chi connectivity index (χ3n) is 2.87. The average Bonchev–Trinajstić information content (AvgIpc) is 3.17. The van der Waals surface area contributed by atoms with Crippen molar-refractivity contribution >= 4 is 29.1 Å². The van der Waals surface area contributed by atoms with Crippen molar-refractivity contribution in [2.75, 3.05) is 5.43 Å². The minimum absolute atomic E-state index is 0.214. The molecule has 0 aliphatic rings. The molecule has 0 unspecified atom stereocenters. The molecule has 24 heavy (non-hydrogen) atoms. The number of benzene rings is 1. The highest BCUT2D eigenvalue weighted by Gasteiger charge is 2.33. The van der Waals surface area contributed by atoms with Gasteiger partial charge in [-0.3, -0.25) is 0 Å². The first-order valence-electron chi connectivity index (χ1n) is 6.39. The molecule has 11 heteroatoms. The number of thiazole rings is 1. The number of nitrogens with zero attached hydrogens (tertiary/aromatic N) is 3. The number of nitrogens with one attached hydrogen (secondary N) is 1. The second kappa shape index (κ2) is 5.98. The lowest BCUT2D eigenvalue weighted by molar-refractivity contribution is -0.275. The van der Waals surface area contributed by atoms with Gasteiger partial charge >= 0.3 is 17.8 Å². The minimum atomic E-state index is -1.91. The van der Waals surface area contributed by atoms with Gasteiger partial charge in [0.15, 0.2) is 0 Å². The molecule has 3 aromatic rings. The molecule has 2 heterocycles. The van der Waals surface area contributed by atoms with E-state index in [2.05, 4.69) is 15.4 Å². The number of carboxylic acids is 1. The summed E-state index contributed by atoms with van der Waals surface area (Å²) in [4.78, 5) is 16.4. The minimum Gasteiger partial charge on any atom is -0.475 e. The maximum atomic E-state index is 12.9. The largest absolute Gasteiger partial charge is 0.475 e. The maximum absolute atomic E-state index is 12.9. The smallest absolute Gasteiger partial charge is 0.373 e. The van der Waals surface area contributed by atoms with Crippen LogP contribution in [-0.2, 0) is 0 Å². The highest BCUT2D eigenvalue weighted by atomic mass is 32.1. The van der Waals surface area contributed by atoms with Crippen molar-refractivity contribution in [3.8, 4) is 10.6 Å². The summed E-state index contributed by atoms with van der Waals surface area (Å²) in [5.41, 5.74) is 2.67. The summed E-state index contributed by atoms with van der Waals surface area (Å²) in [7, 11) is 0. The molecule has 0 fully saturated rings. The zero-order valence-electron chi connectivity index (χ0n) is 11.8. The van der Waals surface area contributed by atoms with Crippen LogP contribution < -0.4 is 10.3 Å². The highest BCUT2D eigenvalue weighted by molar-refractivity contribution is 7.13. The molecule has 0 spiro atoms. The van der Waals surface area contributed by atoms with Crippen LogP contribution in [-0.4, -0.2) is 31.5 Å². The Morgan fingerprint density at radius 1 is 1.29 bits per heavy atom. The molecule has 9 nitrogen and oxygen atoms in total. The highest BCUT2D eigenvalue weighted by Crippen LogP contribution is 2.29. The van der Waals surface area contributed by atoms with Crippen LogP contribution in [0.3, 0.4) is 0 Å². The first kappa shape index (κ1) is 16.0. The van der Waals surface area contributed by atoms with Crippen molar-refractivity contribution in [2.24, 2.45) is 0 Å². The van der Waals surface area contributed by atoms with Gasteiger partial charge in [0.2, 0.25) is 5.76 Å². The number of quaternary nitrogens is 1. The number of halogens is 1. The van der Waals surface area contributed by atoms with E-state index < -0.39 is 28.5 Å². The molecule has 1 aromatic carbocycles. The lowest BCUT2D eigenvalue weighted by Crippen LogP contribution is -2.48. The molecule has 0 amide bonds. The molecule has 124 valence electrons. The quantitative estimate of drug-likeness (QED) is 0.407. The topological polar surface area (TPSA) is 129 Å². The Morgan fingerprint density at radius 2 is 2.00 bits per heavy atom. The molecule has 0 saturated carbocycles. The molecule has 4 N–H and O–H groups in total. The maximum Gasteiger partial charge on any atom is 0.373 e. The number of aromatic carboxylic acids is 1. The summed E-state index contributed by atoms with van der Waals surface area (Å²) >= 11 is 1.10. The average molecular weight is 353 g/mol. The summed E-state index contributed by atoms with van der Waals surface area (Å²) in [5.74, 6) is -2.43. The summed E-state index contributed by atoms with van der Waals surface area (Å²) in [5, 5.41) is 30.5. The summed E-state index contributed by atoms with van der Waals surface area (Å²) in [6.45, 7) is 0. The van der Waals surface area contributed by atoms with Gasteiger partial charge in [0.05, 0.1) is 11.6 Å². The second-order valence-electron chi connectivity index (χ2n) is 4.57. The molecular weight excluding hydrogens is 343 g/mol. The molecular formula is C13H10FN4O5S+. The van der Waals surface area contributed by atoms with E-state index >= 15 is 0 Å². The second-order valence-corrected chi connectivity index (χ2v) is 5.42. The fraction of sp³-hybridized carbons (Fsp3) is 0. The van der Waals surface area contributed by atoms with Crippen molar-refractivity contribution in [2.45, 2.75) is 0 Å². The first-order valence-corrected chi connectivity index (χ1v) is 7.27. The van der Waals surface area contributed by atoms with Crippen LogP contribution >= 0.6 is 11.3 Å². The molecule has 2 aromatic heterocycles. The molecule has 0 radical (unpaired) electrons. The Kier molecular flexibility index (Phi) is 3.99.